The van der Waals surface area contributed by atoms with Gasteiger partial charge < -0.3 is 10.1 Å². The van der Waals surface area contributed by atoms with Gasteiger partial charge in [-0.1, -0.05) is 11.6 Å². The lowest BCUT2D eigenvalue weighted by molar-refractivity contribution is -0.123. The van der Waals surface area contributed by atoms with Crippen molar-refractivity contribution in [3.63, 3.8) is 0 Å². The first-order chi connectivity index (χ1) is 9.13. The summed E-state index contributed by atoms with van der Waals surface area (Å²) in [5, 5.41) is 3.43. The maximum atomic E-state index is 11.6. The van der Waals surface area contributed by atoms with Crippen molar-refractivity contribution >= 4 is 44.8 Å². The topological polar surface area (TPSA) is 38.3 Å². The van der Waals surface area contributed by atoms with Gasteiger partial charge in [-0.2, -0.15) is 0 Å². The highest BCUT2D eigenvalue weighted by Gasteiger charge is 2.04. The van der Waals surface area contributed by atoms with Crippen molar-refractivity contribution in [3.8, 4) is 5.75 Å². The largest absolute Gasteiger partial charge is 0.484 e. The molecule has 100 valence electrons. The molecule has 0 bridgehead atoms. The van der Waals surface area contributed by atoms with Crippen LogP contribution in [0.1, 0.15) is 4.88 Å². The Morgan fingerprint density at radius 1 is 1.26 bits per heavy atom. The number of halogens is 2. The highest BCUT2D eigenvalue weighted by molar-refractivity contribution is 9.11. The summed E-state index contributed by atoms with van der Waals surface area (Å²) in [7, 11) is 0. The zero-order valence-corrected chi connectivity index (χ0v) is 13.0. The van der Waals surface area contributed by atoms with E-state index in [0.29, 0.717) is 17.3 Å². The van der Waals surface area contributed by atoms with Gasteiger partial charge in [-0.3, -0.25) is 4.79 Å². The molecule has 0 saturated carbocycles. The minimum atomic E-state index is -0.153. The summed E-state index contributed by atoms with van der Waals surface area (Å²) >= 11 is 10.7. The predicted molar refractivity (Wildman–Crippen MR) is 80.8 cm³/mol. The Hall–Kier alpha value is -1.04. The van der Waals surface area contributed by atoms with Crippen LogP contribution in [-0.2, 0) is 11.3 Å². The highest BCUT2D eigenvalue weighted by Crippen LogP contribution is 2.21. The third-order valence-corrected chi connectivity index (χ3v) is 4.15. The van der Waals surface area contributed by atoms with Gasteiger partial charge in [0.25, 0.3) is 5.91 Å². The van der Waals surface area contributed by atoms with Crippen LogP contribution in [0.4, 0.5) is 0 Å². The SMILES string of the molecule is O=C(COc1ccc(Cl)cc1)NCc1ccc(Br)s1. The van der Waals surface area contributed by atoms with E-state index in [2.05, 4.69) is 21.2 Å². The lowest BCUT2D eigenvalue weighted by Gasteiger charge is -2.06. The second-order valence-corrected chi connectivity index (χ2v) is 6.71. The van der Waals surface area contributed by atoms with Gasteiger partial charge in [0.05, 0.1) is 10.3 Å². The van der Waals surface area contributed by atoms with Gasteiger partial charge in [0.1, 0.15) is 5.75 Å². The number of ether oxygens (including phenoxy) is 1. The number of carbonyl (C=O) groups excluding carboxylic acids is 1. The van der Waals surface area contributed by atoms with Crippen LogP contribution in [0.2, 0.25) is 5.02 Å². The van der Waals surface area contributed by atoms with Gasteiger partial charge in [0, 0.05) is 9.90 Å². The quantitative estimate of drug-likeness (QED) is 0.879. The first-order valence-electron chi connectivity index (χ1n) is 5.53. The number of hydrogen-bond donors (Lipinski definition) is 1. The van der Waals surface area contributed by atoms with E-state index in [1.165, 1.54) is 0 Å². The van der Waals surface area contributed by atoms with Crippen LogP contribution in [0, 0.1) is 0 Å². The zero-order valence-electron chi connectivity index (χ0n) is 9.86. The normalized spacial score (nSPS) is 10.2. The third-order valence-electron chi connectivity index (χ3n) is 2.27. The van der Waals surface area contributed by atoms with Crippen molar-refractivity contribution in [1.82, 2.24) is 5.32 Å². The third kappa shape index (κ3) is 4.86. The monoisotopic (exact) mass is 359 g/mol. The molecule has 1 amide bonds. The number of thiophene rings is 1. The fourth-order valence-electron chi connectivity index (χ4n) is 1.36. The summed E-state index contributed by atoms with van der Waals surface area (Å²) in [6.45, 7) is 0.507. The van der Waals surface area contributed by atoms with E-state index in [0.717, 1.165) is 8.66 Å². The number of hydrogen-bond acceptors (Lipinski definition) is 3. The van der Waals surface area contributed by atoms with Crippen LogP contribution < -0.4 is 10.1 Å². The molecule has 1 aromatic carbocycles. The molecule has 19 heavy (non-hydrogen) atoms. The van der Waals surface area contributed by atoms with E-state index >= 15 is 0 Å². The molecule has 0 aliphatic carbocycles. The molecule has 1 heterocycles. The van der Waals surface area contributed by atoms with E-state index < -0.39 is 0 Å². The molecule has 6 heteroatoms. The van der Waals surface area contributed by atoms with Crippen LogP contribution in [0.15, 0.2) is 40.2 Å². The van der Waals surface area contributed by atoms with E-state index in [1.807, 2.05) is 12.1 Å². The maximum absolute atomic E-state index is 11.6. The summed E-state index contributed by atoms with van der Waals surface area (Å²) in [4.78, 5) is 12.7. The molecular formula is C13H11BrClNO2S. The Morgan fingerprint density at radius 3 is 2.63 bits per heavy atom. The predicted octanol–water partition coefficient (Wildman–Crippen LogP) is 3.86. The summed E-state index contributed by atoms with van der Waals surface area (Å²) in [5.74, 6) is 0.470. The van der Waals surface area contributed by atoms with Gasteiger partial charge in [-0.05, 0) is 52.3 Å². The second kappa shape index (κ2) is 6.93. The lowest BCUT2D eigenvalue weighted by atomic mass is 10.3. The van der Waals surface area contributed by atoms with Crippen molar-refractivity contribution in [3.05, 3.63) is 50.1 Å². The highest BCUT2D eigenvalue weighted by atomic mass is 79.9. The van der Waals surface area contributed by atoms with Crippen molar-refractivity contribution in [2.24, 2.45) is 0 Å². The smallest absolute Gasteiger partial charge is 0.258 e. The molecule has 0 aliphatic heterocycles. The Morgan fingerprint density at radius 2 is 2.00 bits per heavy atom. The van der Waals surface area contributed by atoms with Gasteiger partial charge in [0.15, 0.2) is 6.61 Å². The fraction of sp³-hybridized carbons (Fsp3) is 0.154. The molecule has 0 fully saturated rings. The minimum Gasteiger partial charge on any atom is -0.484 e. The second-order valence-electron chi connectivity index (χ2n) is 3.73. The van der Waals surface area contributed by atoms with Gasteiger partial charge in [-0.25, -0.2) is 0 Å². The van der Waals surface area contributed by atoms with E-state index in [1.54, 1.807) is 35.6 Å². The molecule has 0 unspecified atom stereocenters. The maximum Gasteiger partial charge on any atom is 0.258 e. The van der Waals surface area contributed by atoms with Crippen LogP contribution in [0.25, 0.3) is 0 Å². The van der Waals surface area contributed by atoms with E-state index in [9.17, 15) is 4.79 Å². The molecule has 0 spiro atoms. The molecule has 2 aromatic rings. The van der Waals surface area contributed by atoms with E-state index in [-0.39, 0.29) is 12.5 Å². The first-order valence-corrected chi connectivity index (χ1v) is 7.51. The summed E-state index contributed by atoms with van der Waals surface area (Å²) < 4.78 is 6.39. The van der Waals surface area contributed by atoms with Crippen LogP contribution in [0.3, 0.4) is 0 Å². The number of rotatable bonds is 5. The first kappa shape index (κ1) is 14.4. The Kier molecular flexibility index (Phi) is 5.24. The van der Waals surface area contributed by atoms with Gasteiger partial charge >= 0.3 is 0 Å². The number of benzene rings is 1. The van der Waals surface area contributed by atoms with Crippen LogP contribution in [-0.4, -0.2) is 12.5 Å². The summed E-state index contributed by atoms with van der Waals surface area (Å²) in [6.07, 6.45) is 0. The van der Waals surface area contributed by atoms with Crippen LogP contribution >= 0.6 is 38.9 Å². The Labute approximate surface area is 128 Å². The summed E-state index contributed by atoms with van der Waals surface area (Å²) in [6, 6.07) is 10.8. The standard InChI is InChI=1S/C13H11BrClNO2S/c14-12-6-5-11(19-12)7-16-13(17)8-18-10-3-1-9(15)2-4-10/h1-6H,7-8H2,(H,16,17). The molecule has 2 rings (SSSR count). The zero-order chi connectivity index (χ0) is 13.7. The van der Waals surface area contributed by atoms with Crippen molar-refractivity contribution in [2.75, 3.05) is 6.61 Å². The van der Waals surface area contributed by atoms with Crippen molar-refractivity contribution in [1.29, 1.82) is 0 Å². The molecule has 0 aliphatic rings. The minimum absolute atomic E-state index is 0.00578. The fourth-order valence-corrected chi connectivity index (χ4v) is 2.91. The molecule has 0 saturated heterocycles. The molecule has 1 N–H and O–H groups in total. The number of carbonyl (C=O) groups is 1. The molecular weight excluding hydrogens is 350 g/mol. The van der Waals surface area contributed by atoms with Gasteiger partial charge in [0.2, 0.25) is 0 Å². The Bertz CT molecular complexity index is 556. The molecule has 3 nitrogen and oxygen atoms in total. The molecule has 0 atom stereocenters. The van der Waals surface area contributed by atoms with Gasteiger partial charge in [-0.15, -0.1) is 11.3 Å². The summed E-state index contributed by atoms with van der Waals surface area (Å²) in [5.41, 5.74) is 0. The van der Waals surface area contributed by atoms with E-state index in [4.69, 9.17) is 16.3 Å². The van der Waals surface area contributed by atoms with Crippen LogP contribution in [0.5, 0.6) is 5.75 Å². The van der Waals surface area contributed by atoms with Crippen molar-refractivity contribution < 1.29 is 9.53 Å². The lowest BCUT2D eigenvalue weighted by Crippen LogP contribution is -2.28. The number of amides is 1. The van der Waals surface area contributed by atoms with Crippen molar-refractivity contribution in [2.45, 2.75) is 6.54 Å². The number of nitrogens with one attached hydrogen (secondary N) is 1. The molecule has 0 radical (unpaired) electrons. The average molecular weight is 361 g/mol. The Balaban J connectivity index is 1.74. The average Bonchev–Trinajstić information content (AvgIpc) is 2.81. The molecule has 1 aromatic heterocycles.